The normalized spacial score (nSPS) is 12.5. The number of azo groups is 2. The Morgan fingerprint density at radius 3 is 2.14 bits per heavy atom. The van der Waals surface area contributed by atoms with Crippen LogP contribution in [0.2, 0.25) is 0 Å². The number of ether oxygens (including phenoxy) is 3. The highest BCUT2D eigenvalue weighted by atomic mass is 16.6. The van der Waals surface area contributed by atoms with E-state index in [2.05, 4.69) is 32.4 Å². The molecule has 35 heavy (non-hydrogen) atoms. The third-order valence-electron chi connectivity index (χ3n) is 4.53. The average molecular weight is 481 g/mol. The van der Waals surface area contributed by atoms with Gasteiger partial charge in [-0.3, -0.25) is 10.1 Å². The minimum Gasteiger partial charge on any atom is -0.495 e. The molecule has 2 aromatic carbocycles. The molecule has 0 aliphatic carbocycles. The van der Waals surface area contributed by atoms with E-state index in [1.807, 2.05) is 24.3 Å². The van der Waals surface area contributed by atoms with Crippen LogP contribution in [0.5, 0.6) is 0 Å². The molecular formula is C24H28N6O5. The van der Waals surface area contributed by atoms with E-state index in [0.29, 0.717) is 41.7 Å². The number of rotatable bonds is 13. The van der Waals surface area contributed by atoms with Crippen molar-refractivity contribution in [3.63, 3.8) is 0 Å². The number of nitrogens with one attached hydrogen (secondary N) is 1. The number of nitro benzene ring substituents is 1. The van der Waals surface area contributed by atoms with Gasteiger partial charge in [-0.05, 0) is 43.3 Å². The summed E-state index contributed by atoms with van der Waals surface area (Å²) >= 11 is 0. The maximum absolute atomic E-state index is 10.8. The van der Waals surface area contributed by atoms with E-state index in [1.165, 1.54) is 38.5 Å². The minimum atomic E-state index is -0.479. The van der Waals surface area contributed by atoms with Crippen LogP contribution < -0.4 is 5.32 Å². The summed E-state index contributed by atoms with van der Waals surface area (Å²) in [5, 5.41) is 30.7. The Labute approximate surface area is 203 Å². The van der Waals surface area contributed by atoms with Crippen molar-refractivity contribution in [2.24, 2.45) is 20.5 Å². The highest BCUT2D eigenvalue weighted by Gasteiger charge is 2.08. The molecule has 11 nitrogen and oxygen atoms in total. The van der Waals surface area contributed by atoms with Crippen molar-refractivity contribution in [2.45, 2.75) is 6.92 Å². The van der Waals surface area contributed by atoms with Gasteiger partial charge in [0.15, 0.2) is 0 Å². The molecule has 0 heterocycles. The van der Waals surface area contributed by atoms with Crippen LogP contribution in [0.4, 0.5) is 22.7 Å². The number of allylic oxidation sites excluding steroid dienone is 2. The summed E-state index contributed by atoms with van der Waals surface area (Å²) in [6.07, 6.45) is 1.58. The van der Waals surface area contributed by atoms with Crippen molar-refractivity contribution in [3.05, 3.63) is 94.2 Å². The predicted octanol–water partition coefficient (Wildman–Crippen LogP) is 6.44. The molecular weight excluding hydrogens is 452 g/mol. The Morgan fingerprint density at radius 1 is 1.00 bits per heavy atom. The molecule has 2 rings (SSSR count). The molecule has 0 bridgehead atoms. The summed E-state index contributed by atoms with van der Waals surface area (Å²) in [5.41, 5.74) is 2.77. The maximum Gasteiger partial charge on any atom is 0.269 e. The lowest BCUT2D eigenvalue weighted by Gasteiger charge is -2.07. The van der Waals surface area contributed by atoms with Gasteiger partial charge in [-0.25, -0.2) is 0 Å². The summed E-state index contributed by atoms with van der Waals surface area (Å²) < 4.78 is 15.7. The summed E-state index contributed by atoms with van der Waals surface area (Å²) in [5.74, 6) is 0.641. The highest BCUT2D eigenvalue weighted by Crippen LogP contribution is 2.23. The smallest absolute Gasteiger partial charge is 0.269 e. The van der Waals surface area contributed by atoms with E-state index in [0.717, 1.165) is 5.69 Å². The van der Waals surface area contributed by atoms with Crippen LogP contribution in [0.15, 0.2) is 105 Å². The lowest BCUT2D eigenvalue weighted by Crippen LogP contribution is -2.06. The van der Waals surface area contributed by atoms with Crippen LogP contribution in [0.1, 0.15) is 6.92 Å². The van der Waals surface area contributed by atoms with Gasteiger partial charge < -0.3 is 19.5 Å². The van der Waals surface area contributed by atoms with Gasteiger partial charge in [0.05, 0.1) is 37.1 Å². The summed E-state index contributed by atoms with van der Waals surface area (Å²) in [7, 11) is 4.61. The first-order valence-corrected chi connectivity index (χ1v) is 10.5. The lowest BCUT2D eigenvalue weighted by molar-refractivity contribution is -0.384. The van der Waals surface area contributed by atoms with E-state index >= 15 is 0 Å². The molecule has 0 radical (unpaired) electrons. The van der Waals surface area contributed by atoms with Crippen LogP contribution >= 0.6 is 0 Å². The summed E-state index contributed by atoms with van der Waals surface area (Å²) in [6, 6.07) is 13.1. The van der Waals surface area contributed by atoms with Crippen LogP contribution in [0, 0.1) is 10.1 Å². The van der Waals surface area contributed by atoms with Gasteiger partial charge in [-0.15, -0.1) is 5.11 Å². The van der Waals surface area contributed by atoms with Crippen LogP contribution in [0.3, 0.4) is 0 Å². The third-order valence-corrected chi connectivity index (χ3v) is 4.53. The van der Waals surface area contributed by atoms with Gasteiger partial charge >= 0.3 is 0 Å². The number of hydrogen-bond donors (Lipinski definition) is 1. The first-order chi connectivity index (χ1) is 16.9. The van der Waals surface area contributed by atoms with Gasteiger partial charge in [-0.2, -0.15) is 15.3 Å². The standard InChI is InChI=1S/C24H28N6O5/c1-17(26-27-21-10-12-22(13-11-21)30(31)32)24(35-5)16-23(18(2)34-4)29-28-20-8-6-19(7-9-20)25-14-15-33-3/h6-13,16,25H,2,14-15H2,1,3-5H3/b23-16+,24-17-,27-26?,29-28?. The Balaban J connectivity index is 2.22. The molecule has 0 spiro atoms. The minimum absolute atomic E-state index is 0.0261. The first-order valence-electron chi connectivity index (χ1n) is 10.5. The molecule has 2 aromatic rings. The van der Waals surface area contributed by atoms with Crippen molar-refractivity contribution >= 4 is 22.7 Å². The highest BCUT2D eigenvalue weighted by molar-refractivity contribution is 5.50. The zero-order chi connectivity index (χ0) is 25.6. The van der Waals surface area contributed by atoms with Gasteiger partial charge in [-0.1, -0.05) is 6.58 Å². The van der Waals surface area contributed by atoms with Crippen molar-refractivity contribution in [1.29, 1.82) is 0 Å². The number of non-ortho nitro benzene ring substituents is 1. The Hall–Kier alpha value is -4.38. The molecule has 0 aromatic heterocycles. The monoisotopic (exact) mass is 480 g/mol. The predicted molar refractivity (Wildman–Crippen MR) is 133 cm³/mol. The van der Waals surface area contributed by atoms with Crippen molar-refractivity contribution in [2.75, 3.05) is 39.8 Å². The molecule has 0 atom stereocenters. The number of hydrogen-bond acceptors (Lipinski definition) is 10. The van der Waals surface area contributed by atoms with Crippen LogP contribution in [-0.4, -0.2) is 39.4 Å². The van der Waals surface area contributed by atoms with Crippen LogP contribution in [-0.2, 0) is 14.2 Å². The van der Waals surface area contributed by atoms with E-state index in [9.17, 15) is 10.1 Å². The van der Waals surface area contributed by atoms with E-state index in [-0.39, 0.29) is 11.4 Å². The molecule has 0 aliphatic rings. The topological polar surface area (TPSA) is 132 Å². The molecule has 0 saturated carbocycles. The number of benzene rings is 2. The number of nitrogens with zero attached hydrogens (tertiary/aromatic N) is 5. The largest absolute Gasteiger partial charge is 0.495 e. The average Bonchev–Trinajstić information content (AvgIpc) is 2.88. The molecule has 0 amide bonds. The van der Waals surface area contributed by atoms with Gasteiger partial charge in [0.2, 0.25) is 0 Å². The summed E-state index contributed by atoms with van der Waals surface area (Å²) in [4.78, 5) is 10.3. The molecule has 0 unspecified atom stereocenters. The quantitative estimate of drug-likeness (QED) is 0.0875. The second kappa shape index (κ2) is 14.0. The fourth-order valence-electron chi connectivity index (χ4n) is 2.58. The lowest BCUT2D eigenvalue weighted by atomic mass is 10.3. The first kappa shape index (κ1) is 26.9. The van der Waals surface area contributed by atoms with E-state index in [4.69, 9.17) is 14.2 Å². The van der Waals surface area contributed by atoms with Gasteiger partial charge in [0.1, 0.15) is 22.9 Å². The van der Waals surface area contributed by atoms with E-state index < -0.39 is 4.92 Å². The van der Waals surface area contributed by atoms with Crippen LogP contribution in [0.25, 0.3) is 0 Å². The van der Waals surface area contributed by atoms with Gasteiger partial charge in [0.25, 0.3) is 5.69 Å². The number of anilines is 1. The maximum atomic E-state index is 10.8. The third kappa shape index (κ3) is 8.82. The molecule has 0 saturated heterocycles. The molecule has 0 fully saturated rings. The van der Waals surface area contributed by atoms with E-state index in [1.54, 1.807) is 20.1 Å². The number of nitro groups is 1. The fourth-order valence-corrected chi connectivity index (χ4v) is 2.58. The molecule has 11 heteroatoms. The van der Waals surface area contributed by atoms with Crippen molar-refractivity contribution in [1.82, 2.24) is 0 Å². The second-order valence-corrected chi connectivity index (χ2v) is 6.95. The summed E-state index contributed by atoms with van der Waals surface area (Å²) in [6.45, 7) is 6.86. The second-order valence-electron chi connectivity index (χ2n) is 6.95. The Morgan fingerprint density at radius 2 is 1.60 bits per heavy atom. The fraction of sp³-hybridized carbons (Fsp3) is 0.250. The van der Waals surface area contributed by atoms with Gasteiger partial charge in [0, 0.05) is 37.6 Å². The molecule has 0 aliphatic heterocycles. The Bertz CT molecular complexity index is 1120. The Kier molecular flexibility index (Phi) is 10.8. The molecule has 1 N–H and O–H groups in total. The number of methoxy groups -OCH3 is 3. The zero-order valence-electron chi connectivity index (χ0n) is 20.1. The van der Waals surface area contributed by atoms with Crippen molar-refractivity contribution in [3.8, 4) is 0 Å². The van der Waals surface area contributed by atoms with Crippen molar-refractivity contribution < 1.29 is 19.1 Å². The SMILES string of the molecule is C=C(OC)/C(=C\C(OC)=C(/C)N=Nc1ccc([N+](=O)[O-])cc1)N=Nc1ccc(NCCOC)cc1. The zero-order valence-corrected chi connectivity index (χ0v) is 20.1. The molecule has 184 valence electrons.